The quantitative estimate of drug-likeness (QED) is 0.790. The highest BCUT2D eigenvalue weighted by atomic mass is 19.1. The first-order valence-electron chi connectivity index (χ1n) is 9.67. The van der Waals surface area contributed by atoms with E-state index in [-0.39, 0.29) is 17.8 Å². The molecule has 0 radical (unpaired) electrons. The van der Waals surface area contributed by atoms with Crippen molar-refractivity contribution in [2.24, 2.45) is 0 Å². The predicted octanol–water partition coefficient (Wildman–Crippen LogP) is 3.63. The van der Waals surface area contributed by atoms with Crippen molar-refractivity contribution >= 4 is 5.91 Å². The molecule has 5 nitrogen and oxygen atoms in total. The van der Waals surface area contributed by atoms with Crippen LogP contribution >= 0.6 is 0 Å². The first-order chi connectivity index (χ1) is 13.6. The first kappa shape index (κ1) is 20.1. The van der Waals surface area contributed by atoms with E-state index < -0.39 is 0 Å². The number of hydrogen-bond acceptors (Lipinski definition) is 4. The van der Waals surface area contributed by atoms with Crippen LogP contribution in [0.25, 0.3) is 0 Å². The van der Waals surface area contributed by atoms with Crippen LogP contribution in [0.15, 0.2) is 42.5 Å². The Hall–Kier alpha value is -2.60. The summed E-state index contributed by atoms with van der Waals surface area (Å²) in [5.41, 5.74) is 1.67. The van der Waals surface area contributed by atoms with Crippen LogP contribution in [0.4, 0.5) is 4.39 Å². The number of nitrogens with zero attached hydrogens (tertiary/aromatic N) is 1. The number of halogens is 1. The molecule has 1 aliphatic heterocycles. The Morgan fingerprint density at radius 3 is 2.50 bits per heavy atom. The molecule has 1 amide bonds. The van der Waals surface area contributed by atoms with E-state index in [1.807, 2.05) is 19.1 Å². The number of rotatable bonds is 7. The van der Waals surface area contributed by atoms with Gasteiger partial charge in [-0.1, -0.05) is 12.1 Å². The molecule has 2 aromatic carbocycles. The molecule has 1 saturated heterocycles. The normalized spacial score (nSPS) is 15.2. The van der Waals surface area contributed by atoms with Crippen molar-refractivity contribution in [1.29, 1.82) is 0 Å². The Labute approximate surface area is 165 Å². The Kier molecular flexibility index (Phi) is 6.87. The number of likely N-dealkylation sites (tertiary alicyclic amines) is 1. The molecule has 0 atom stereocenters. The van der Waals surface area contributed by atoms with Crippen LogP contribution < -0.4 is 14.8 Å². The van der Waals surface area contributed by atoms with Gasteiger partial charge in [0.25, 0.3) is 5.91 Å². The molecule has 3 rings (SSSR count). The third-order valence-electron chi connectivity index (χ3n) is 4.97. The number of benzene rings is 2. The number of ether oxygens (including phenoxy) is 2. The molecule has 0 aromatic heterocycles. The lowest BCUT2D eigenvalue weighted by atomic mass is 10.0. The molecule has 0 saturated carbocycles. The third kappa shape index (κ3) is 5.23. The first-order valence-corrected chi connectivity index (χ1v) is 9.67. The molecule has 6 heteroatoms. The lowest BCUT2D eigenvalue weighted by Gasteiger charge is -2.32. The fourth-order valence-electron chi connectivity index (χ4n) is 3.44. The van der Waals surface area contributed by atoms with Crippen molar-refractivity contribution in [3.63, 3.8) is 0 Å². The molecule has 1 N–H and O–H groups in total. The minimum Gasteiger partial charge on any atom is -0.493 e. The summed E-state index contributed by atoms with van der Waals surface area (Å²) in [4.78, 5) is 14.9. The average Bonchev–Trinajstić information content (AvgIpc) is 2.71. The second-order valence-corrected chi connectivity index (χ2v) is 6.95. The molecule has 150 valence electrons. The van der Waals surface area contributed by atoms with Gasteiger partial charge in [-0.25, -0.2) is 4.39 Å². The average molecular weight is 386 g/mol. The van der Waals surface area contributed by atoms with Crippen LogP contribution in [-0.4, -0.2) is 43.7 Å². The molecule has 0 aliphatic carbocycles. The standard InChI is InChI=1S/C22H27FN2O3/c1-3-28-20-9-6-17(14-21(20)27-2)22(26)24-19-10-12-25(13-11-19)15-16-4-7-18(23)8-5-16/h4-9,14,19H,3,10-13,15H2,1-2H3,(H,24,26). The fourth-order valence-corrected chi connectivity index (χ4v) is 3.44. The van der Waals surface area contributed by atoms with Crippen molar-refractivity contribution < 1.29 is 18.7 Å². The fraction of sp³-hybridized carbons (Fsp3) is 0.409. The zero-order chi connectivity index (χ0) is 19.9. The number of nitrogens with one attached hydrogen (secondary N) is 1. The molecule has 28 heavy (non-hydrogen) atoms. The van der Waals surface area contributed by atoms with Gasteiger partial charge in [0.05, 0.1) is 13.7 Å². The van der Waals surface area contributed by atoms with Crippen LogP contribution in [0.5, 0.6) is 11.5 Å². The summed E-state index contributed by atoms with van der Waals surface area (Å²) in [5, 5.41) is 3.12. The molecule has 0 bridgehead atoms. The van der Waals surface area contributed by atoms with Gasteiger partial charge in [0, 0.05) is 31.2 Å². The zero-order valence-electron chi connectivity index (χ0n) is 16.4. The molecular formula is C22H27FN2O3. The highest BCUT2D eigenvalue weighted by molar-refractivity contribution is 5.95. The minimum atomic E-state index is -0.212. The summed E-state index contributed by atoms with van der Waals surface area (Å²) in [6, 6.07) is 12.0. The van der Waals surface area contributed by atoms with E-state index in [9.17, 15) is 9.18 Å². The maximum absolute atomic E-state index is 13.0. The van der Waals surface area contributed by atoms with Crippen molar-refractivity contribution in [3.05, 3.63) is 59.4 Å². The van der Waals surface area contributed by atoms with Crippen LogP contribution in [0, 0.1) is 5.82 Å². The lowest BCUT2D eigenvalue weighted by Crippen LogP contribution is -2.44. The summed E-state index contributed by atoms with van der Waals surface area (Å²) >= 11 is 0. The Morgan fingerprint density at radius 2 is 1.86 bits per heavy atom. The molecule has 0 unspecified atom stereocenters. The van der Waals surface area contributed by atoms with Gasteiger partial charge in [0.1, 0.15) is 5.82 Å². The van der Waals surface area contributed by atoms with Crippen LogP contribution in [0.3, 0.4) is 0 Å². The monoisotopic (exact) mass is 386 g/mol. The lowest BCUT2D eigenvalue weighted by molar-refractivity contribution is 0.0908. The van der Waals surface area contributed by atoms with Crippen LogP contribution in [0.2, 0.25) is 0 Å². The van der Waals surface area contributed by atoms with Gasteiger partial charge in [-0.3, -0.25) is 9.69 Å². The maximum atomic E-state index is 13.0. The van der Waals surface area contributed by atoms with Crippen LogP contribution in [0.1, 0.15) is 35.7 Å². The van der Waals surface area contributed by atoms with E-state index in [1.165, 1.54) is 12.1 Å². The number of methoxy groups -OCH3 is 1. The summed E-state index contributed by atoms with van der Waals surface area (Å²) in [7, 11) is 1.57. The van der Waals surface area contributed by atoms with E-state index in [4.69, 9.17) is 9.47 Å². The van der Waals surface area contributed by atoms with E-state index in [0.29, 0.717) is 23.7 Å². The highest BCUT2D eigenvalue weighted by Gasteiger charge is 2.22. The SMILES string of the molecule is CCOc1ccc(C(=O)NC2CCN(Cc3ccc(F)cc3)CC2)cc1OC. The number of piperidine rings is 1. The Bertz CT molecular complexity index is 787. The topological polar surface area (TPSA) is 50.8 Å². The summed E-state index contributed by atoms with van der Waals surface area (Å²) in [6.07, 6.45) is 1.78. The van der Waals surface area contributed by atoms with Gasteiger partial charge in [-0.2, -0.15) is 0 Å². The predicted molar refractivity (Wildman–Crippen MR) is 106 cm³/mol. The van der Waals surface area contributed by atoms with E-state index in [1.54, 1.807) is 25.3 Å². The van der Waals surface area contributed by atoms with Crippen molar-refractivity contribution in [1.82, 2.24) is 10.2 Å². The Morgan fingerprint density at radius 1 is 1.14 bits per heavy atom. The summed E-state index contributed by atoms with van der Waals surface area (Å²) < 4.78 is 23.8. The maximum Gasteiger partial charge on any atom is 0.251 e. The van der Waals surface area contributed by atoms with E-state index >= 15 is 0 Å². The van der Waals surface area contributed by atoms with Crippen molar-refractivity contribution in [3.8, 4) is 11.5 Å². The molecule has 1 aliphatic rings. The largest absolute Gasteiger partial charge is 0.493 e. The van der Waals surface area contributed by atoms with Gasteiger partial charge in [0.15, 0.2) is 11.5 Å². The van der Waals surface area contributed by atoms with Crippen molar-refractivity contribution in [2.75, 3.05) is 26.8 Å². The smallest absolute Gasteiger partial charge is 0.251 e. The number of carbonyl (C=O) groups is 1. The molecule has 0 spiro atoms. The van der Waals surface area contributed by atoms with Crippen molar-refractivity contribution in [2.45, 2.75) is 32.4 Å². The van der Waals surface area contributed by atoms with Gasteiger partial charge in [-0.15, -0.1) is 0 Å². The third-order valence-corrected chi connectivity index (χ3v) is 4.97. The molecule has 2 aromatic rings. The second kappa shape index (κ2) is 9.55. The Balaban J connectivity index is 1.51. The molecule has 1 heterocycles. The summed E-state index contributed by atoms with van der Waals surface area (Å²) in [6.45, 7) is 5.04. The number of amides is 1. The minimum absolute atomic E-state index is 0.0988. The molecular weight excluding hydrogens is 359 g/mol. The number of hydrogen-bond donors (Lipinski definition) is 1. The van der Waals surface area contributed by atoms with Gasteiger partial charge < -0.3 is 14.8 Å². The van der Waals surface area contributed by atoms with Crippen LogP contribution in [-0.2, 0) is 6.54 Å². The highest BCUT2D eigenvalue weighted by Crippen LogP contribution is 2.28. The summed E-state index contributed by atoms with van der Waals surface area (Å²) in [5.74, 6) is 0.883. The second-order valence-electron chi connectivity index (χ2n) is 6.95. The molecule has 1 fully saturated rings. The number of carbonyl (C=O) groups excluding carboxylic acids is 1. The van der Waals surface area contributed by atoms with E-state index in [2.05, 4.69) is 10.2 Å². The van der Waals surface area contributed by atoms with Gasteiger partial charge in [-0.05, 0) is 55.7 Å². The van der Waals surface area contributed by atoms with E-state index in [0.717, 1.165) is 38.0 Å². The van der Waals surface area contributed by atoms with Gasteiger partial charge in [0.2, 0.25) is 0 Å². The van der Waals surface area contributed by atoms with Gasteiger partial charge >= 0.3 is 0 Å². The zero-order valence-corrected chi connectivity index (χ0v) is 16.4.